The molecule has 3 N–H and O–H groups in total. The molecule has 2 aromatic rings. The number of ether oxygens (including phenoxy) is 2. The Labute approximate surface area is 148 Å². The van der Waals surface area contributed by atoms with Gasteiger partial charge < -0.3 is 20.5 Å². The second-order valence-electron chi connectivity index (χ2n) is 6.16. The molecule has 0 aliphatic rings. The minimum absolute atomic E-state index is 0.0229. The first-order valence-electron chi connectivity index (χ1n) is 8.38. The Bertz CT molecular complexity index is 645. The van der Waals surface area contributed by atoms with Crippen LogP contribution in [-0.2, 0) is 4.79 Å². The van der Waals surface area contributed by atoms with Gasteiger partial charge in [0, 0.05) is 24.8 Å². The summed E-state index contributed by atoms with van der Waals surface area (Å²) in [5, 5.41) is 2.89. The molecule has 1 heterocycles. The number of carbonyl (C=O) groups excluding carboxylic acids is 1. The van der Waals surface area contributed by atoms with E-state index in [-0.39, 0.29) is 18.6 Å². The first-order valence-corrected chi connectivity index (χ1v) is 8.38. The van der Waals surface area contributed by atoms with Crippen molar-refractivity contribution < 1.29 is 14.3 Å². The summed E-state index contributed by atoms with van der Waals surface area (Å²) < 4.78 is 11.1. The molecule has 1 amide bonds. The van der Waals surface area contributed by atoms with Gasteiger partial charge in [-0.05, 0) is 42.7 Å². The average Bonchev–Trinajstić information content (AvgIpc) is 2.61. The number of pyridine rings is 1. The molecule has 0 aliphatic heterocycles. The fourth-order valence-electron chi connectivity index (χ4n) is 2.33. The second-order valence-corrected chi connectivity index (χ2v) is 6.16. The predicted molar refractivity (Wildman–Crippen MR) is 96.7 cm³/mol. The summed E-state index contributed by atoms with van der Waals surface area (Å²) in [6, 6.07) is 12.5. The van der Waals surface area contributed by atoms with E-state index < -0.39 is 0 Å². The molecule has 0 bridgehead atoms. The van der Waals surface area contributed by atoms with Crippen molar-refractivity contribution in [1.29, 1.82) is 0 Å². The minimum atomic E-state index is -0.176. The highest BCUT2D eigenvalue weighted by atomic mass is 16.5. The summed E-state index contributed by atoms with van der Waals surface area (Å²) in [5.74, 6) is 2.06. The van der Waals surface area contributed by atoms with Crippen LogP contribution in [0.3, 0.4) is 0 Å². The van der Waals surface area contributed by atoms with Crippen molar-refractivity contribution in [2.75, 3.05) is 13.2 Å². The number of hydrogen-bond donors (Lipinski definition) is 2. The van der Waals surface area contributed by atoms with Gasteiger partial charge in [0.1, 0.15) is 11.5 Å². The largest absolute Gasteiger partial charge is 0.484 e. The summed E-state index contributed by atoms with van der Waals surface area (Å²) in [4.78, 5) is 16.0. The second kappa shape index (κ2) is 9.64. The van der Waals surface area contributed by atoms with E-state index in [0.717, 1.165) is 6.42 Å². The van der Waals surface area contributed by atoms with Crippen LogP contribution in [-0.4, -0.2) is 30.1 Å². The Hall–Kier alpha value is -2.60. The number of nitrogens with one attached hydrogen (secondary N) is 1. The van der Waals surface area contributed by atoms with Crippen LogP contribution in [0.5, 0.6) is 17.4 Å². The Morgan fingerprint density at radius 1 is 1.16 bits per heavy atom. The number of carbonyl (C=O) groups is 1. The molecule has 0 spiro atoms. The van der Waals surface area contributed by atoms with Crippen molar-refractivity contribution in [3.63, 3.8) is 0 Å². The molecule has 2 rings (SSSR count). The Balaban J connectivity index is 1.80. The molecule has 1 aromatic heterocycles. The van der Waals surface area contributed by atoms with Gasteiger partial charge in [0.05, 0.1) is 0 Å². The van der Waals surface area contributed by atoms with Gasteiger partial charge in [-0.25, -0.2) is 4.98 Å². The van der Waals surface area contributed by atoms with Gasteiger partial charge in [0.25, 0.3) is 5.91 Å². The van der Waals surface area contributed by atoms with Crippen LogP contribution in [0.25, 0.3) is 0 Å². The lowest BCUT2D eigenvalue weighted by Gasteiger charge is -2.18. The number of rotatable bonds is 9. The molecule has 0 aliphatic carbocycles. The van der Waals surface area contributed by atoms with Gasteiger partial charge in [-0.15, -0.1) is 0 Å². The average molecular weight is 343 g/mol. The van der Waals surface area contributed by atoms with Crippen LogP contribution < -0.4 is 20.5 Å². The SMILES string of the molecule is CC(C)CC(CN)NC(=O)COc1ccc(Oc2ccccn2)cc1. The highest BCUT2D eigenvalue weighted by molar-refractivity contribution is 5.77. The molecule has 0 fully saturated rings. The number of hydrogen-bond acceptors (Lipinski definition) is 5. The third-order valence-corrected chi connectivity index (χ3v) is 3.46. The fourth-order valence-corrected chi connectivity index (χ4v) is 2.33. The zero-order chi connectivity index (χ0) is 18.1. The fraction of sp³-hybridized carbons (Fsp3) is 0.368. The summed E-state index contributed by atoms with van der Waals surface area (Å²) in [7, 11) is 0. The standard InChI is InChI=1S/C19H25N3O3/c1-14(2)11-15(12-20)22-18(23)13-24-16-6-8-17(9-7-16)25-19-5-3-4-10-21-19/h3-10,14-15H,11-13,20H2,1-2H3,(H,22,23). The first kappa shape index (κ1) is 18.7. The van der Waals surface area contributed by atoms with Gasteiger partial charge in [-0.2, -0.15) is 0 Å². The van der Waals surface area contributed by atoms with E-state index in [4.69, 9.17) is 15.2 Å². The molecular weight excluding hydrogens is 318 g/mol. The van der Waals surface area contributed by atoms with Crippen molar-refractivity contribution in [3.05, 3.63) is 48.7 Å². The van der Waals surface area contributed by atoms with Crippen molar-refractivity contribution in [1.82, 2.24) is 10.3 Å². The van der Waals surface area contributed by atoms with E-state index in [1.54, 1.807) is 36.5 Å². The first-order chi connectivity index (χ1) is 12.1. The predicted octanol–water partition coefficient (Wildman–Crippen LogP) is 2.74. The number of nitrogens with zero attached hydrogens (tertiary/aromatic N) is 1. The molecule has 25 heavy (non-hydrogen) atoms. The van der Waals surface area contributed by atoms with Crippen LogP contribution in [0.2, 0.25) is 0 Å². The maximum absolute atomic E-state index is 12.0. The lowest BCUT2D eigenvalue weighted by Crippen LogP contribution is -2.43. The molecule has 0 saturated carbocycles. The normalized spacial score (nSPS) is 11.8. The third-order valence-electron chi connectivity index (χ3n) is 3.46. The van der Waals surface area contributed by atoms with E-state index in [1.807, 2.05) is 12.1 Å². The molecule has 6 nitrogen and oxygen atoms in total. The maximum Gasteiger partial charge on any atom is 0.258 e. The molecule has 0 saturated heterocycles. The summed E-state index contributed by atoms with van der Waals surface area (Å²) in [5.41, 5.74) is 5.68. The molecule has 1 aromatic carbocycles. The van der Waals surface area contributed by atoms with Crippen molar-refractivity contribution in [3.8, 4) is 17.4 Å². The number of aromatic nitrogens is 1. The van der Waals surface area contributed by atoms with Crippen LogP contribution in [0.1, 0.15) is 20.3 Å². The van der Waals surface area contributed by atoms with Crippen molar-refractivity contribution in [2.24, 2.45) is 11.7 Å². The molecule has 1 atom stereocenters. The monoisotopic (exact) mass is 343 g/mol. The number of nitrogens with two attached hydrogens (primary N) is 1. The van der Waals surface area contributed by atoms with Crippen molar-refractivity contribution in [2.45, 2.75) is 26.3 Å². The van der Waals surface area contributed by atoms with E-state index in [2.05, 4.69) is 24.1 Å². The summed E-state index contributed by atoms with van der Waals surface area (Å²) >= 11 is 0. The van der Waals surface area contributed by atoms with Crippen LogP contribution in [0, 0.1) is 5.92 Å². The van der Waals surface area contributed by atoms with Gasteiger partial charge >= 0.3 is 0 Å². The smallest absolute Gasteiger partial charge is 0.258 e. The molecular formula is C19H25N3O3. The molecule has 6 heteroatoms. The zero-order valence-electron chi connectivity index (χ0n) is 14.6. The van der Waals surface area contributed by atoms with Gasteiger partial charge in [0.2, 0.25) is 5.88 Å². The zero-order valence-corrected chi connectivity index (χ0v) is 14.6. The maximum atomic E-state index is 12.0. The Kier molecular flexibility index (Phi) is 7.22. The Morgan fingerprint density at radius 2 is 1.88 bits per heavy atom. The lowest BCUT2D eigenvalue weighted by molar-refractivity contribution is -0.123. The van der Waals surface area contributed by atoms with E-state index in [9.17, 15) is 4.79 Å². The molecule has 1 unspecified atom stereocenters. The minimum Gasteiger partial charge on any atom is -0.484 e. The summed E-state index contributed by atoms with van der Waals surface area (Å²) in [6.45, 7) is 4.57. The summed E-state index contributed by atoms with van der Waals surface area (Å²) in [6.07, 6.45) is 2.51. The Morgan fingerprint density at radius 3 is 2.48 bits per heavy atom. The van der Waals surface area contributed by atoms with E-state index in [1.165, 1.54) is 0 Å². The van der Waals surface area contributed by atoms with Gasteiger partial charge in [-0.3, -0.25) is 4.79 Å². The van der Waals surface area contributed by atoms with E-state index >= 15 is 0 Å². The van der Waals surface area contributed by atoms with Crippen LogP contribution >= 0.6 is 0 Å². The molecule has 0 radical (unpaired) electrons. The van der Waals surface area contributed by atoms with Gasteiger partial charge in [0.15, 0.2) is 6.61 Å². The third kappa shape index (κ3) is 6.81. The quantitative estimate of drug-likeness (QED) is 0.731. The van der Waals surface area contributed by atoms with Crippen molar-refractivity contribution >= 4 is 5.91 Å². The van der Waals surface area contributed by atoms with E-state index in [0.29, 0.717) is 29.8 Å². The highest BCUT2D eigenvalue weighted by Gasteiger charge is 2.12. The lowest BCUT2D eigenvalue weighted by atomic mass is 10.0. The molecule has 134 valence electrons. The number of benzene rings is 1. The van der Waals surface area contributed by atoms with Crippen LogP contribution in [0.15, 0.2) is 48.7 Å². The van der Waals surface area contributed by atoms with Gasteiger partial charge in [-0.1, -0.05) is 19.9 Å². The highest BCUT2D eigenvalue weighted by Crippen LogP contribution is 2.22. The number of amides is 1. The topological polar surface area (TPSA) is 86.5 Å². The van der Waals surface area contributed by atoms with Crippen LogP contribution in [0.4, 0.5) is 0 Å².